The van der Waals surface area contributed by atoms with Gasteiger partial charge in [-0.2, -0.15) is 0 Å². The van der Waals surface area contributed by atoms with Crippen LogP contribution in [0.15, 0.2) is 72.9 Å². The van der Waals surface area contributed by atoms with Crippen LogP contribution in [0.5, 0.6) is 0 Å². The average Bonchev–Trinajstić information content (AvgIpc) is 3.15. The molecule has 0 saturated heterocycles. The van der Waals surface area contributed by atoms with E-state index in [1.165, 1.54) is 57.8 Å². The van der Waals surface area contributed by atoms with Crippen LogP contribution in [-0.2, 0) is 32.7 Å². The molecule has 0 heterocycles. The zero-order valence-electron chi connectivity index (χ0n) is 34.1. The lowest BCUT2D eigenvalue weighted by Crippen LogP contribution is -2.29. The number of phosphoric ester groups is 1. The summed E-state index contributed by atoms with van der Waals surface area (Å²) in [6.45, 7) is 4.06. The second-order valence-electron chi connectivity index (χ2n) is 13.5. The molecule has 0 saturated carbocycles. The minimum atomic E-state index is -4.37. The number of hydrogen-bond acceptors (Lipinski definition) is 8. The van der Waals surface area contributed by atoms with E-state index in [2.05, 4.69) is 79.9 Å². The van der Waals surface area contributed by atoms with Gasteiger partial charge in [0, 0.05) is 19.4 Å². The van der Waals surface area contributed by atoms with Crippen molar-refractivity contribution in [3.05, 3.63) is 72.9 Å². The van der Waals surface area contributed by atoms with E-state index in [0.29, 0.717) is 19.4 Å². The number of likely N-dealkylation sites (N-methyl/N-ethyl adjacent to an activating group) is 1. The van der Waals surface area contributed by atoms with Crippen LogP contribution in [0.4, 0.5) is 0 Å². The summed E-state index contributed by atoms with van der Waals surface area (Å²) in [5.41, 5.74) is 0. The third-order valence-electron chi connectivity index (χ3n) is 8.31. The van der Waals surface area contributed by atoms with Crippen LogP contribution >= 0.6 is 7.82 Å². The summed E-state index contributed by atoms with van der Waals surface area (Å²) >= 11 is 0. The van der Waals surface area contributed by atoms with Crippen LogP contribution in [0, 0.1) is 0 Å². The molecule has 0 aromatic rings. The van der Waals surface area contributed by atoms with Crippen LogP contribution in [0.3, 0.4) is 0 Å². The number of unbranched alkanes of at least 4 members (excludes halogenated alkanes) is 12. The molecule has 0 fully saturated rings. The van der Waals surface area contributed by atoms with E-state index in [4.69, 9.17) is 18.5 Å². The van der Waals surface area contributed by atoms with Crippen LogP contribution in [0.2, 0.25) is 0 Å². The molecule has 0 bridgehead atoms. The Morgan fingerprint density at radius 1 is 0.574 bits per heavy atom. The lowest BCUT2D eigenvalue weighted by atomic mass is 10.1. The van der Waals surface area contributed by atoms with Gasteiger partial charge in [0.25, 0.3) is 0 Å². The van der Waals surface area contributed by atoms with Gasteiger partial charge in [-0.05, 0) is 84.1 Å². The molecule has 0 aliphatic rings. The van der Waals surface area contributed by atoms with Crippen LogP contribution in [0.1, 0.15) is 155 Å². The van der Waals surface area contributed by atoms with E-state index < -0.39 is 32.5 Å². The molecule has 9 nitrogen and oxygen atoms in total. The van der Waals surface area contributed by atoms with Gasteiger partial charge in [0.15, 0.2) is 6.10 Å². The SMILES string of the molecule is CCCCC/C=C\C/C=C\C/C=C\C/C=C\C/C=C\CCC(=O)OC(COC(=O)CCCCCCC/C=C\CCCCCC)COP(=O)(O)OCCNC. The summed E-state index contributed by atoms with van der Waals surface area (Å²) in [5, 5.41) is 2.81. The highest BCUT2D eigenvalue weighted by atomic mass is 31.2. The maximum atomic E-state index is 12.6. The molecule has 0 radical (unpaired) electrons. The number of phosphoric acid groups is 1. The molecule has 2 unspecified atom stereocenters. The molecule has 54 heavy (non-hydrogen) atoms. The highest BCUT2D eigenvalue weighted by Gasteiger charge is 2.26. The van der Waals surface area contributed by atoms with Gasteiger partial charge >= 0.3 is 19.8 Å². The van der Waals surface area contributed by atoms with Crippen LogP contribution in [0.25, 0.3) is 0 Å². The van der Waals surface area contributed by atoms with Gasteiger partial charge < -0.3 is 19.7 Å². The Balaban J connectivity index is 4.41. The summed E-state index contributed by atoms with van der Waals surface area (Å²) in [6.07, 6.45) is 46.7. The number of rotatable bonds is 38. The monoisotopic (exact) mass is 778 g/mol. The first-order valence-electron chi connectivity index (χ1n) is 20.9. The first-order valence-corrected chi connectivity index (χ1v) is 22.4. The molecule has 2 N–H and O–H groups in total. The van der Waals surface area contributed by atoms with Gasteiger partial charge in [0.1, 0.15) is 6.61 Å². The third kappa shape index (κ3) is 39.2. The van der Waals surface area contributed by atoms with Crippen LogP contribution < -0.4 is 5.32 Å². The fourth-order valence-corrected chi connectivity index (χ4v) is 5.87. The number of allylic oxidation sites excluding steroid dienone is 12. The van der Waals surface area contributed by atoms with E-state index in [0.717, 1.165) is 57.8 Å². The Labute approximate surface area is 329 Å². The largest absolute Gasteiger partial charge is 0.472 e. The fraction of sp³-hybridized carbons (Fsp3) is 0.682. The molecule has 0 aromatic carbocycles. The first kappa shape index (κ1) is 51.5. The normalized spacial score (nSPS) is 14.1. The molecule has 0 spiro atoms. The second-order valence-corrected chi connectivity index (χ2v) is 14.9. The number of hydrogen-bond donors (Lipinski definition) is 2. The zero-order valence-corrected chi connectivity index (χ0v) is 35.0. The molecule has 0 aromatic heterocycles. The highest BCUT2D eigenvalue weighted by Crippen LogP contribution is 2.43. The van der Waals surface area contributed by atoms with Gasteiger partial charge in [-0.1, -0.05) is 138 Å². The zero-order chi connectivity index (χ0) is 39.6. The maximum absolute atomic E-state index is 12.6. The lowest BCUT2D eigenvalue weighted by molar-refractivity contribution is -0.161. The standard InChI is InChI=1S/C44H76NO8P/c1-4-6-8-10-12-14-16-18-19-20-21-22-23-25-27-29-31-33-35-37-44(47)53-42(41-52-54(48,49)51-39-38-45-3)40-50-43(46)36-34-32-30-28-26-24-17-15-13-11-9-7-5-2/h12,14-15,17-19,21-22,25,27,31,33,42,45H,4-11,13,16,20,23-24,26,28-30,32,34-41H2,1-3H3,(H,48,49)/b14-12-,17-15-,19-18-,22-21-,27-25-,33-31-. The summed E-state index contributed by atoms with van der Waals surface area (Å²) in [5.74, 6) is -0.920. The van der Waals surface area contributed by atoms with Gasteiger partial charge in [-0.15, -0.1) is 0 Å². The number of carbonyl (C=O) groups is 2. The Morgan fingerprint density at radius 3 is 1.61 bits per heavy atom. The van der Waals surface area contributed by atoms with Crippen molar-refractivity contribution in [2.75, 3.05) is 33.4 Å². The Kier molecular flexibility index (Phi) is 38.2. The van der Waals surface area contributed by atoms with Crippen molar-refractivity contribution in [1.82, 2.24) is 5.32 Å². The van der Waals surface area contributed by atoms with E-state index >= 15 is 0 Å². The number of ether oxygens (including phenoxy) is 2. The van der Waals surface area contributed by atoms with Crippen molar-refractivity contribution in [3.8, 4) is 0 Å². The van der Waals surface area contributed by atoms with Gasteiger partial charge in [0.2, 0.25) is 0 Å². The van der Waals surface area contributed by atoms with Gasteiger partial charge in [0.05, 0.1) is 13.2 Å². The van der Waals surface area contributed by atoms with E-state index in [9.17, 15) is 19.0 Å². The summed E-state index contributed by atoms with van der Waals surface area (Å²) in [4.78, 5) is 34.9. The van der Waals surface area contributed by atoms with Gasteiger partial charge in [-0.3, -0.25) is 18.6 Å². The third-order valence-corrected chi connectivity index (χ3v) is 9.30. The minimum absolute atomic E-state index is 0.0348. The Hall–Kier alpha value is -2.55. The molecular weight excluding hydrogens is 701 g/mol. The van der Waals surface area contributed by atoms with Crippen LogP contribution in [-0.4, -0.2) is 56.3 Å². The summed E-state index contributed by atoms with van der Waals surface area (Å²) in [6, 6.07) is 0. The molecule has 0 aliphatic carbocycles. The Bertz CT molecular complexity index is 1110. The number of nitrogens with one attached hydrogen (secondary N) is 1. The lowest BCUT2D eigenvalue weighted by Gasteiger charge is -2.19. The topological polar surface area (TPSA) is 120 Å². The fourth-order valence-electron chi connectivity index (χ4n) is 5.12. The molecule has 0 amide bonds. The molecule has 2 atom stereocenters. The summed E-state index contributed by atoms with van der Waals surface area (Å²) in [7, 11) is -2.68. The number of carbonyl (C=O) groups excluding carboxylic acids is 2. The van der Waals surface area contributed by atoms with Crippen molar-refractivity contribution in [2.45, 2.75) is 161 Å². The number of esters is 2. The molecule has 310 valence electrons. The van der Waals surface area contributed by atoms with Gasteiger partial charge in [-0.25, -0.2) is 4.57 Å². The predicted octanol–water partition coefficient (Wildman–Crippen LogP) is 11.8. The average molecular weight is 778 g/mol. The predicted molar refractivity (Wildman–Crippen MR) is 224 cm³/mol. The maximum Gasteiger partial charge on any atom is 0.472 e. The van der Waals surface area contributed by atoms with E-state index in [1.807, 2.05) is 12.2 Å². The smallest absolute Gasteiger partial charge is 0.462 e. The van der Waals surface area contributed by atoms with Crippen molar-refractivity contribution < 1.29 is 37.6 Å². The molecule has 0 aliphatic heterocycles. The quantitative estimate of drug-likeness (QED) is 0.0273. The van der Waals surface area contributed by atoms with E-state index in [-0.39, 0.29) is 26.1 Å². The first-order chi connectivity index (χ1) is 26.3. The molecule has 10 heteroatoms. The molecule has 0 rings (SSSR count). The van der Waals surface area contributed by atoms with E-state index in [1.54, 1.807) is 7.05 Å². The summed E-state index contributed by atoms with van der Waals surface area (Å²) < 4.78 is 33.0. The second kappa shape index (κ2) is 40.1. The highest BCUT2D eigenvalue weighted by molar-refractivity contribution is 7.47. The van der Waals surface area contributed by atoms with Crippen molar-refractivity contribution in [1.29, 1.82) is 0 Å². The van der Waals surface area contributed by atoms with Crippen molar-refractivity contribution >= 4 is 19.8 Å². The Morgan fingerprint density at radius 2 is 1.04 bits per heavy atom. The minimum Gasteiger partial charge on any atom is -0.462 e. The van der Waals surface area contributed by atoms with Crippen molar-refractivity contribution in [2.24, 2.45) is 0 Å². The van der Waals surface area contributed by atoms with Crippen molar-refractivity contribution in [3.63, 3.8) is 0 Å². The molecular formula is C44H76NO8P.